The summed E-state index contributed by atoms with van der Waals surface area (Å²) < 4.78 is 26.4. The summed E-state index contributed by atoms with van der Waals surface area (Å²) in [6.45, 7) is 0. The quantitative estimate of drug-likeness (QED) is 0.516. The number of primary amides is 1. The maximum absolute atomic E-state index is 13.8. The topological polar surface area (TPSA) is 121 Å². The zero-order valence-corrected chi connectivity index (χ0v) is 20.8. The number of benzene rings is 2. The highest BCUT2D eigenvalue weighted by atomic mass is 32.2. The van der Waals surface area contributed by atoms with E-state index in [4.69, 9.17) is 15.9 Å². The molecular weight excluding hydrogens is 460 g/mol. The summed E-state index contributed by atoms with van der Waals surface area (Å²) in [4.78, 5) is 18.8. The summed E-state index contributed by atoms with van der Waals surface area (Å²) in [5.74, 6) is 0.485. The van der Waals surface area contributed by atoms with Gasteiger partial charge in [-0.15, -0.1) is 0 Å². The molecule has 1 amide bonds. The van der Waals surface area contributed by atoms with Gasteiger partial charge in [-0.2, -0.15) is 0 Å². The normalized spacial score (nSPS) is 18.7. The van der Waals surface area contributed by atoms with Gasteiger partial charge in [-0.3, -0.25) is 4.79 Å². The number of nitrogens with two attached hydrogens (primary N) is 2. The predicted molar refractivity (Wildman–Crippen MR) is 137 cm³/mol. The van der Waals surface area contributed by atoms with Gasteiger partial charge >= 0.3 is 0 Å². The average molecular weight is 495 g/mol. The SMILES string of the molecule is NC(=O)C(C1CCCCC1)(C1CCCCC1)n1c(-c2cccc(S(N)(=O)=O)c2)nc2ccccc21. The molecular formula is C27H34N4O3S. The second-order valence-corrected chi connectivity index (χ2v) is 11.8. The van der Waals surface area contributed by atoms with Crippen LogP contribution in [0, 0.1) is 11.8 Å². The molecule has 4 N–H and O–H groups in total. The molecule has 2 aliphatic rings. The van der Waals surface area contributed by atoms with Gasteiger partial charge in [0.1, 0.15) is 11.4 Å². The Kier molecular flexibility index (Phi) is 6.44. The lowest BCUT2D eigenvalue weighted by Gasteiger charge is -2.48. The van der Waals surface area contributed by atoms with E-state index in [0.29, 0.717) is 11.4 Å². The van der Waals surface area contributed by atoms with Crippen LogP contribution in [0.4, 0.5) is 0 Å². The van der Waals surface area contributed by atoms with Gasteiger partial charge in [-0.05, 0) is 61.8 Å². The third-order valence-corrected chi connectivity index (χ3v) is 9.11. The molecule has 0 bridgehead atoms. The van der Waals surface area contributed by atoms with E-state index in [1.165, 1.54) is 18.9 Å². The lowest BCUT2D eigenvalue weighted by molar-refractivity contribution is -0.135. The van der Waals surface area contributed by atoms with Crippen molar-refractivity contribution in [3.8, 4) is 11.4 Å². The van der Waals surface area contributed by atoms with Gasteiger partial charge in [-0.25, -0.2) is 18.5 Å². The van der Waals surface area contributed by atoms with Crippen molar-refractivity contribution in [2.24, 2.45) is 22.7 Å². The molecule has 0 radical (unpaired) electrons. The molecule has 0 unspecified atom stereocenters. The van der Waals surface area contributed by atoms with Crippen LogP contribution in [0.1, 0.15) is 64.2 Å². The Hall–Kier alpha value is -2.71. The van der Waals surface area contributed by atoms with Crippen molar-refractivity contribution < 1.29 is 13.2 Å². The van der Waals surface area contributed by atoms with E-state index in [1.807, 2.05) is 30.3 Å². The first kappa shape index (κ1) is 24.0. The summed E-state index contributed by atoms with van der Waals surface area (Å²) >= 11 is 0. The highest BCUT2D eigenvalue weighted by molar-refractivity contribution is 7.89. The fourth-order valence-electron chi connectivity index (χ4n) is 6.70. The van der Waals surface area contributed by atoms with Crippen molar-refractivity contribution in [1.82, 2.24) is 9.55 Å². The van der Waals surface area contributed by atoms with E-state index in [2.05, 4.69) is 4.57 Å². The third kappa shape index (κ3) is 4.16. The molecule has 7 nitrogen and oxygen atoms in total. The number of aromatic nitrogens is 2. The lowest BCUT2D eigenvalue weighted by Crippen LogP contribution is -2.58. The highest BCUT2D eigenvalue weighted by Crippen LogP contribution is 2.50. The maximum Gasteiger partial charge on any atom is 0.244 e. The highest BCUT2D eigenvalue weighted by Gasteiger charge is 2.53. The molecule has 1 heterocycles. The number of sulfonamides is 1. The number of carbonyl (C=O) groups is 1. The summed E-state index contributed by atoms with van der Waals surface area (Å²) in [6, 6.07) is 14.4. The summed E-state index contributed by atoms with van der Waals surface area (Å²) in [7, 11) is -3.90. The van der Waals surface area contributed by atoms with Gasteiger partial charge in [0.15, 0.2) is 0 Å². The van der Waals surface area contributed by atoms with Crippen LogP contribution in [0.25, 0.3) is 22.4 Å². The number of primary sulfonamides is 1. The molecule has 1 aromatic heterocycles. The van der Waals surface area contributed by atoms with Gasteiger partial charge in [0.05, 0.1) is 15.9 Å². The maximum atomic E-state index is 13.8. The third-order valence-electron chi connectivity index (χ3n) is 8.20. The molecule has 186 valence electrons. The molecule has 2 aliphatic carbocycles. The van der Waals surface area contributed by atoms with Crippen molar-refractivity contribution in [2.75, 3.05) is 0 Å². The predicted octanol–water partition coefficient (Wildman–Crippen LogP) is 4.69. The van der Waals surface area contributed by atoms with Crippen LogP contribution in [-0.4, -0.2) is 23.9 Å². The first-order valence-electron chi connectivity index (χ1n) is 12.7. The Morgan fingerprint density at radius 3 is 2.06 bits per heavy atom. The molecule has 0 atom stereocenters. The molecule has 0 aliphatic heterocycles. The van der Waals surface area contributed by atoms with Crippen molar-refractivity contribution in [3.63, 3.8) is 0 Å². The molecule has 2 saturated carbocycles. The Bertz CT molecular complexity index is 1320. The zero-order valence-electron chi connectivity index (χ0n) is 20.0. The summed E-state index contributed by atoms with van der Waals surface area (Å²) in [5.41, 5.74) is 7.77. The number of rotatable bonds is 6. The standard InChI is InChI=1S/C27H34N4O3S/c28-26(32)27(20-11-3-1-4-12-20,21-13-5-2-6-14-21)31-24-17-8-7-16-23(24)30-25(31)19-10-9-15-22(18-19)35(29,33)34/h7-10,15-18,20-21H,1-6,11-14H2,(H2,28,32)(H2,29,33,34). The van der Waals surface area contributed by atoms with Crippen LogP contribution < -0.4 is 10.9 Å². The molecule has 0 saturated heterocycles. The van der Waals surface area contributed by atoms with E-state index in [9.17, 15) is 13.2 Å². The van der Waals surface area contributed by atoms with E-state index in [-0.39, 0.29) is 22.6 Å². The monoisotopic (exact) mass is 494 g/mol. The number of fused-ring (bicyclic) bond motifs is 1. The Labute approximate surface area is 207 Å². The fourth-order valence-corrected chi connectivity index (χ4v) is 7.26. The van der Waals surface area contributed by atoms with Gasteiger partial charge < -0.3 is 10.3 Å². The van der Waals surface area contributed by atoms with Crippen LogP contribution in [0.5, 0.6) is 0 Å². The van der Waals surface area contributed by atoms with Crippen LogP contribution in [0.3, 0.4) is 0 Å². The Morgan fingerprint density at radius 2 is 1.49 bits per heavy atom. The second-order valence-electron chi connectivity index (χ2n) is 10.2. The lowest BCUT2D eigenvalue weighted by atomic mass is 9.63. The molecule has 5 rings (SSSR count). The van der Waals surface area contributed by atoms with Crippen molar-refractivity contribution in [1.29, 1.82) is 0 Å². The van der Waals surface area contributed by atoms with Crippen LogP contribution in [-0.2, 0) is 20.4 Å². The van der Waals surface area contributed by atoms with Gasteiger partial charge in [-0.1, -0.05) is 62.8 Å². The smallest absolute Gasteiger partial charge is 0.244 e. The van der Waals surface area contributed by atoms with Crippen molar-refractivity contribution in [3.05, 3.63) is 48.5 Å². The van der Waals surface area contributed by atoms with Crippen LogP contribution in [0.2, 0.25) is 0 Å². The molecule has 0 spiro atoms. The average Bonchev–Trinajstić information content (AvgIpc) is 3.25. The Morgan fingerprint density at radius 1 is 0.886 bits per heavy atom. The number of amides is 1. The second kappa shape index (κ2) is 9.39. The van der Waals surface area contributed by atoms with E-state index >= 15 is 0 Å². The summed E-state index contributed by atoms with van der Waals surface area (Å²) in [6.07, 6.45) is 10.4. The van der Waals surface area contributed by atoms with Crippen LogP contribution in [0.15, 0.2) is 53.4 Å². The van der Waals surface area contributed by atoms with Crippen molar-refractivity contribution in [2.45, 2.75) is 74.6 Å². The van der Waals surface area contributed by atoms with E-state index < -0.39 is 15.6 Å². The number of hydrogen-bond donors (Lipinski definition) is 2. The van der Waals surface area contributed by atoms with E-state index in [1.54, 1.807) is 12.1 Å². The fraction of sp³-hybridized carbons (Fsp3) is 0.481. The zero-order chi connectivity index (χ0) is 24.6. The molecule has 2 fully saturated rings. The van der Waals surface area contributed by atoms with Gasteiger partial charge in [0, 0.05) is 5.56 Å². The first-order chi connectivity index (χ1) is 16.8. The van der Waals surface area contributed by atoms with Gasteiger partial charge in [0.25, 0.3) is 0 Å². The molecule has 8 heteroatoms. The van der Waals surface area contributed by atoms with Crippen molar-refractivity contribution >= 4 is 27.0 Å². The number of carbonyl (C=O) groups excluding carboxylic acids is 1. The number of para-hydroxylation sites is 2. The largest absolute Gasteiger partial charge is 0.368 e. The van der Waals surface area contributed by atoms with E-state index in [0.717, 1.165) is 62.4 Å². The van der Waals surface area contributed by atoms with Crippen LogP contribution >= 0.6 is 0 Å². The minimum absolute atomic E-state index is 0.0219. The number of imidazole rings is 1. The van der Waals surface area contributed by atoms with Gasteiger partial charge in [0.2, 0.25) is 15.9 Å². The first-order valence-corrected chi connectivity index (χ1v) is 14.3. The number of hydrogen-bond acceptors (Lipinski definition) is 4. The number of nitrogens with zero attached hydrogens (tertiary/aromatic N) is 2. The molecule has 3 aromatic rings. The molecule has 35 heavy (non-hydrogen) atoms. The summed E-state index contributed by atoms with van der Waals surface area (Å²) in [5, 5.41) is 5.46. The Balaban J connectivity index is 1.84. The minimum Gasteiger partial charge on any atom is -0.368 e. The molecule has 2 aromatic carbocycles. The minimum atomic E-state index is -3.90.